The summed E-state index contributed by atoms with van der Waals surface area (Å²) >= 11 is 0. The van der Waals surface area contributed by atoms with Gasteiger partial charge < -0.3 is 15.4 Å². The Hall–Kier alpha value is -2.02. The lowest BCUT2D eigenvalue weighted by Gasteiger charge is -2.11. The molecular weight excluding hydrogens is 278 g/mol. The number of hydrogen-bond donors (Lipinski definition) is 2. The number of anilines is 2. The largest absolute Gasteiger partial charge is 0.374 e. The number of ether oxygens (including phenoxy) is 1. The van der Waals surface area contributed by atoms with Crippen LogP contribution in [-0.2, 0) is 4.74 Å². The molecule has 0 aliphatic rings. The van der Waals surface area contributed by atoms with Crippen LogP contribution in [0.25, 0.3) is 10.9 Å². The molecule has 114 valence electrons. The van der Waals surface area contributed by atoms with E-state index in [9.17, 15) is 8.78 Å². The molecule has 0 fully saturated rings. The van der Waals surface area contributed by atoms with E-state index in [1.807, 2.05) is 31.2 Å². The van der Waals surface area contributed by atoms with Crippen molar-refractivity contribution < 1.29 is 13.5 Å². The first-order valence-electron chi connectivity index (χ1n) is 6.81. The smallest absolute Gasteiger partial charge is 0.261 e. The summed E-state index contributed by atoms with van der Waals surface area (Å²) in [7, 11) is 0. The topological polar surface area (TPSA) is 59.1 Å². The molecule has 0 aliphatic heterocycles. The van der Waals surface area contributed by atoms with E-state index in [0.29, 0.717) is 18.3 Å². The van der Waals surface area contributed by atoms with Crippen molar-refractivity contribution in [1.82, 2.24) is 9.97 Å². The molecule has 0 saturated heterocycles. The summed E-state index contributed by atoms with van der Waals surface area (Å²) in [4.78, 5) is 8.79. The Kier molecular flexibility index (Phi) is 5.62. The van der Waals surface area contributed by atoms with Gasteiger partial charge in [-0.15, -0.1) is 0 Å². The Balaban J connectivity index is 2.06. The second kappa shape index (κ2) is 7.68. The first-order chi connectivity index (χ1) is 10.2. The number of rotatable bonds is 8. The average molecular weight is 296 g/mol. The third-order valence-corrected chi connectivity index (χ3v) is 2.72. The fourth-order valence-corrected chi connectivity index (χ4v) is 1.86. The quantitative estimate of drug-likeness (QED) is 0.734. The number of para-hydroxylation sites is 1. The maximum Gasteiger partial charge on any atom is 0.261 e. The van der Waals surface area contributed by atoms with Crippen LogP contribution in [0.15, 0.2) is 24.3 Å². The average Bonchev–Trinajstić information content (AvgIpc) is 2.47. The predicted molar refractivity (Wildman–Crippen MR) is 79.0 cm³/mol. The van der Waals surface area contributed by atoms with Crippen LogP contribution < -0.4 is 10.6 Å². The van der Waals surface area contributed by atoms with Gasteiger partial charge in [-0.2, -0.15) is 4.98 Å². The number of aromatic nitrogens is 2. The van der Waals surface area contributed by atoms with Gasteiger partial charge in [-0.3, -0.25) is 0 Å². The fourth-order valence-electron chi connectivity index (χ4n) is 1.86. The van der Waals surface area contributed by atoms with E-state index in [4.69, 9.17) is 4.74 Å². The van der Waals surface area contributed by atoms with Crippen molar-refractivity contribution in [3.63, 3.8) is 0 Å². The van der Waals surface area contributed by atoms with Crippen molar-refractivity contribution in [1.29, 1.82) is 0 Å². The van der Waals surface area contributed by atoms with Crippen molar-refractivity contribution in [2.75, 3.05) is 36.9 Å². The lowest BCUT2D eigenvalue weighted by atomic mass is 10.2. The maximum absolute atomic E-state index is 12.0. The fraction of sp³-hybridized carbons (Fsp3) is 0.429. The first-order valence-corrected chi connectivity index (χ1v) is 6.81. The van der Waals surface area contributed by atoms with E-state index < -0.39 is 13.0 Å². The lowest BCUT2D eigenvalue weighted by Crippen LogP contribution is -2.14. The molecule has 21 heavy (non-hydrogen) atoms. The van der Waals surface area contributed by atoms with Crippen LogP contribution in [0.2, 0.25) is 0 Å². The van der Waals surface area contributed by atoms with Crippen LogP contribution in [0.4, 0.5) is 20.5 Å². The normalized spacial score (nSPS) is 11.0. The number of alkyl halides is 2. The molecule has 0 amide bonds. The van der Waals surface area contributed by atoms with Gasteiger partial charge in [0.1, 0.15) is 12.4 Å². The number of fused-ring (bicyclic) bond motifs is 1. The molecule has 0 radical (unpaired) electrons. The third-order valence-electron chi connectivity index (χ3n) is 2.72. The van der Waals surface area contributed by atoms with E-state index in [0.717, 1.165) is 17.4 Å². The van der Waals surface area contributed by atoms with Crippen molar-refractivity contribution in [2.45, 2.75) is 13.3 Å². The summed E-state index contributed by atoms with van der Waals surface area (Å²) in [5.41, 5.74) is 0.819. The zero-order valence-electron chi connectivity index (χ0n) is 11.8. The summed E-state index contributed by atoms with van der Waals surface area (Å²) in [5, 5.41) is 7.05. The summed E-state index contributed by atoms with van der Waals surface area (Å²) in [5.74, 6) is 1.20. The molecule has 5 nitrogen and oxygen atoms in total. The SMILES string of the molecule is CCNc1nc(NCCOCC(F)F)c2ccccc2n1. The maximum atomic E-state index is 12.0. The van der Waals surface area contributed by atoms with Gasteiger partial charge in [-0.25, -0.2) is 13.8 Å². The van der Waals surface area contributed by atoms with Gasteiger partial charge in [-0.05, 0) is 19.1 Å². The van der Waals surface area contributed by atoms with Crippen LogP contribution in [0.5, 0.6) is 0 Å². The van der Waals surface area contributed by atoms with E-state index in [-0.39, 0.29) is 6.61 Å². The molecule has 1 aromatic carbocycles. The van der Waals surface area contributed by atoms with E-state index in [1.165, 1.54) is 0 Å². The van der Waals surface area contributed by atoms with Crippen LogP contribution in [0, 0.1) is 0 Å². The lowest BCUT2D eigenvalue weighted by molar-refractivity contribution is 0.0215. The minimum absolute atomic E-state index is 0.194. The highest BCUT2D eigenvalue weighted by molar-refractivity contribution is 5.89. The highest BCUT2D eigenvalue weighted by atomic mass is 19.3. The Labute approximate surface area is 121 Å². The monoisotopic (exact) mass is 296 g/mol. The molecule has 0 aliphatic carbocycles. The Morgan fingerprint density at radius 2 is 2.00 bits per heavy atom. The van der Waals surface area contributed by atoms with Crippen LogP contribution in [-0.4, -0.2) is 42.7 Å². The van der Waals surface area contributed by atoms with Crippen LogP contribution in [0.3, 0.4) is 0 Å². The van der Waals surface area contributed by atoms with Gasteiger partial charge in [0.15, 0.2) is 0 Å². The van der Waals surface area contributed by atoms with Crippen molar-refractivity contribution in [3.05, 3.63) is 24.3 Å². The highest BCUT2D eigenvalue weighted by Gasteiger charge is 2.07. The molecule has 0 bridgehead atoms. The number of halogens is 2. The Morgan fingerprint density at radius 1 is 1.19 bits per heavy atom. The van der Waals surface area contributed by atoms with E-state index in [1.54, 1.807) is 0 Å². The number of nitrogens with zero attached hydrogens (tertiary/aromatic N) is 2. The number of nitrogens with one attached hydrogen (secondary N) is 2. The molecule has 2 rings (SSSR count). The minimum atomic E-state index is -2.44. The molecule has 1 heterocycles. The van der Waals surface area contributed by atoms with E-state index >= 15 is 0 Å². The second-order valence-corrected chi connectivity index (χ2v) is 4.34. The molecule has 1 aromatic heterocycles. The minimum Gasteiger partial charge on any atom is -0.374 e. The number of hydrogen-bond acceptors (Lipinski definition) is 5. The summed E-state index contributed by atoms with van der Waals surface area (Å²) in [6.45, 7) is 2.73. The summed E-state index contributed by atoms with van der Waals surface area (Å²) in [6.07, 6.45) is -2.44. The van der Waals surface area contributed by atoms with Gasteiger partial charge in [0.05, 0.1) is 12.1 Å². The Bertz CT molecular complexity index is 580. The van der Waals surface area contributed by atoms with Gasteiger partial charge in [0.2, 0.25) is 5.95 Å². The highest BCUT2D eigenvalue weighted by Crippen LogP contribution is 2.21. The zero-order chi connectivity index (χ0) is 15.1. The zero-order valence-corrected chi connectivity index (χ0v) is 11.8. The molecule has 0 saturated carbocycles. The van der Waals surface area contributed by atoms with Crippen molar-refractivity contribution in [2.24, 2.45) is 0 Å². The van der Waals surface area contributed by atoms with Gasteiger partial charge in [-0.1, -0.05) is 12.1 Å². The van der Waals surface area contributed by atoms with Crippen molar-refractivity contribution in [3.8, 4) is 0 Å². The molecule has 7 heteroatoms. The Morgan fingerprint density at radius 3 is 2.76 bits per heavy atom. The van der Waals surface area contributed by atoms with Crippen molar-refractivity contribution >= 4 is 22.7 Å². The first kappa shape index (κ1) is 15.4. The van der Waals surface area contributed by atoms with Gasteiger partial charge >= 0.3 is 0 Å². The molecule has 2 aromatic rings. The van der Waals surface area contributed by atoms with Crippen LogP contribution >= 0.6 is 0 Å². The van der Waals surface area contributed by atoms with Gasteiger partial charge in [0, 0.05) is 18.5 Å². The summed E-state index contributed by atoms with van der Waals surface area (Å²) in [6, 6.07) is 7.61. The standard InChI is InChI=1S/C14H18F2N4O/c1-2-17-14-19-11-6-4-3-5-10(11)13(20-14)18-7-8-21-9-12(15)16/h3-6,12H,2,7-9H2,1H3,(H2,17,18,19,20). The number of benzene rings is 1. The van der Waals surface area contributed by atoms with Gasteiger partial charge in [0.25, 0.3) is 6.43 Å². The molecular formula is C14H18F2N4O. The molecule has 0 unspecified atom stereocenters. The molecule has 0 spiro atoms. The van der Waals surface area contributed by atoms with E-state index in [2.05, 4.69) is 20.6 Å². The summed E-state index contributed by atoms with van der Waals surface area (Å²) < 4.78 is 28.7. The molecule has 2 N–H and O–H groups in total. The third kappa shape index (κ3) is 4.49. The molecule has 0 atom stereocenters. The second-order valence-electron chi connectivity index (χ2n) is 4.34. The van der Waals surface area contributed by atoms with Crippen LogP contribution in [0.1, 0.15) is 6.92 Å². The predicted octanol–water partition coefficient (Wildman–Crippen LogP) is 2.76.